The molecule has 0 amide bonds. The highest BCUT2D eigenvalue weighted by Crippen LogP contribution is 2.72. The first-order valence-electron chi connectivity index (χ1n) is 12.6. The average Bonchev–Trinajstić information content (AvgIpc) is 2.95. The van der Waals surface area contributed by atoms with Crippen molar-refractivity contribution in [3.63, 3.8) is 0 Å². The molecule has 30 heavy (non-hydrogen) atoms. The average molecular weight is 415 g/mol. The lowest BCUT2D eigenvalue weighted by Crippen LogP contribution is -2.55. The number of aliphatic hydroxyl groups excluding tert-OH is 1. The molecule has 4 aliphatic rings. The van der Waals surface area contributed by atoms with Gasteiger partial charge in [-0.05, 0) is 97.2 Å². The van der Waals surface area contributed by atoms with Crippen molar-refractivity contribution in [3.8, 4) is 0 Å². The summed E-state index contributed by atoms with van der Waals surface area (Å²) in [6.45, 7) is 14.8. The number of nitrogens with two attached hydrogens (primary N) is 1. The van der Waals surface area contributed by atoms with Gasteiger partial charge in [-0.3, -0.25) is 5.41 Å². The summed E-state index contributed by atoms with van der Waals surface area (Å²) < 4.78 is 0. The van der Waals surface area contributed by atoms with Crippen LogP contribution < -0.4 is 5.73 Å². The molecule has 0 aromatic heterocycles. The van der Waals surface area contributed by atoms with E-state index in [1.807, 2.05) is 5.57 Å². The molecule has 7 atom stereocenters. The standard InChI is InChI=1S/C27H46N2O/c1-17(7-10-23(28)29)18-11-15-27(6)20-8-9-21-24(2,3)22(30)13-14-25(21,4)19(20)12-16-26(18,27)5/h17-18,21-22,30H,7-16H2,1-6H3,(H3,28,29)/t17-,18?,21?,22+,25-,26-,27+/m1/s1. The normalized spacial score (nSPS) is 46.0. The van der Waals surface area contributed by atoms with Crippen molar-refractivity contribution in [2.45, 2.75) is 112 Å². The Morgan fingerprint density at radius 3 is 2.40 bits per heavy atom. The van der Waals surface area contributed by atoms with E-state index in [1.165, 1.54) is 38.5 Å². The monoisotopic (exact) mass is 414 g/mol. The van der Waals surface area contributed by atoms with Gasteiger partial charge in [0, 0.05) is 6.42 Å². The number of hydrogen-bond acceptors (Lipinski definition) is 2. The van der Waals surface area contributed by atoms with Gasteiger partial charge in [-0.15, -0.1) is 0 Å². The summed E-state index contributed by atoms with van der Waals surface area (Å²) in [5.41, 5.74) is 10.3. The summed E-state index contributed by atoms with van der Waals surface area (Å²) in [6.07, 6.45) is 11.5. The number of aliphatic hydroxyl groups is 1. The maximum atomic E-state index is 10.8. The summed E-state index contributed by atoms with van der Waals surface area (Å²) in [7, 11) is 0. The third-order valence-electron chi connectivity index (χ3n) is 11.4. The fraction of sp³-hybridized carbons (Fsp3) is 0.889. The Labute approximate surface area is 184 Å². The van der Waals surface area contributed by atoms with Gasteiger partial charge in [-0.1, -0.05) is 52.7 Å². The molecule has 0 spiro atoms. The summed E-state index contributed by atoms with van der Waals surface area (Å²) in [5.74, 6) is 2.33. The molecule has 0 radical (unpaired) electrons. The Morgan fingerprint density at radius 1 is 1.03 bits per heavy atom. The topological polar surface area (TPSA) is 70.1 Å². The molecule has 4 rings (SSSR count). The molecule has 0 heterocycles. The van der Waals surface area contributed by atoms with Gasteiger partial charge in [0.15, 0.2) is 0 Å². The zero-order valence-electron chi connectivity index (χ0n) is 20.4. The first-order chi connectivity index (χ1) is 13.9. The largest absolute Gasteiger partial charge is 0.393 e. The molecule has 0 aliphatic heterocycles. The summed E-state index contributed by atoms with van der Waals surface area (Å²) >= 11 is 0. The zero-order chi connectivity index (χ0) is 22.1. The minimum Gasteiger partial charge on any atom is -0.393 e. The highest BCUT2D eigenvalue weighted by molar-refractivity contribution is 5.76. The quantitative estimate of drug-likeness (QED) is 0.281. The predicted molar refractivity (Wildman–Crippen MR) is 125 cm³/mol. The van der Waals surface area contributed by atoms with Crippen LogP contribution >= 0.6 is 0 Å². The van der Waals surface area contributed by atoms with Crippen LogP contribution in [0.1, 0.15) is 106 Å². The molecule has 2 unspecified atom stereocenters. The van der Waals surface area contributed by atoms with Gasteiger partial charge >= 0.3 is 0 Å². The molecular weight excluding hydrogens is 368 g/mol. The zero-order valence-corrected chi connectivity index (χ0v) is 20.4. The molecule has 4 aliphatic carbocycles. The van der Waals surface area contributed by atoms with Crippen molar-refractivity contribution < 1.29 is 5.11 Å². The Balaban J connectivity index is 1.68. The Bertz CT molecular complexity index is 754. The van der Waals surface area contributed by atoms with Crippen molar-refractivity contribution in [1.29, 1.82) is 5.41 Å². The Morgan fingerprint density at radius 2 is 1.73 bits per heavy atom. The second-order valence-corrected chi connectivity index (χ2v) is 12.8. The summed E-state index contributed by atoms with van der Waals surface area (Å²) in [4.78, 5) is 0. The van der Waals surface area contributed by atoms with Gasteiger partial charge in [0.2, 0.25) is 0 Å². The van der Waals surface area contributed by atoms with Crippen LogP contribution in [0.4, 0.5) is 0 Å². The molecule has 3 heteroatoms. The van der Waals surface area contributed by atoms with Crippen LogP contribution in [0.15, 0.2) is 11.1 Å². The van der Waals surface area contributed by atoms with Gasteiger partial charge < -0.3 is 10.8 Å². The van der Waals surface area contributed by atoms with E-state index in [0.29, 0.717) is 28.5 Å². The number of nitrogens with one attached hydrogen (secondary N) is 1. The molecule has 4 N–H and O–H groups in total. The lowest BCUT2D eigenvalue weighted by molar-refractivity contribution is -0.0962. The fourth-order valence-electron chi connectivity index (χ4n) is 9.21. The van der Waals surface area contributed by atoms with E-state index in [9.17, 15) is 5.11 Å². The van der Waals surface area contributed by atoms with Crippen LogP contribution in [0.25, 0.3) is 0 Å². The summed E-state index contributed by atoms with van der Waals surface area (Å²) in [5, 5.41) is 18.4. The Hall–Kier alpha value is -0.830. The lowest BCUT2D eigenvalue weighted by Gasteiger charge is -2.62. The van der Waals surface area contributed by atoms with Crippen LogP contribution in [-0.2, 0) is 0 Å². The van der Waals surface area contributed by atoms with Crippen LogP contribution in [0.5, 0.6) is 0 Å². The predicted octanol–water partition coefficient (Wildman–Crippen LogP) is 6.45. The maximum absolute atomic E-state index is 10.8. The molecule has 0 aromatic rings. The van der Waals surface area contributed by atoms with Crippen molar-refractivity contribution in [2.24, 2.45) is 45.1 Å². The molecule has 0 saturated heterocycles. The fourth-order valence-corrected chi connectivity index (χ4v) is 9.21. The van der Waals surface area contributed by atoms with E-state index in [0.717, 1.165) is 31.6 Å². The first kappa shape index (κ1) is 22.4. The number of fused-ring (bicyclic) bond motifs is 4. The molecule has 0 bridgehead atoms. The van der Waals surface area contributed by atoms with Gasteiger partial charge in [0.1, 0.15) is 0 Å². The lowest BCUT2D eigenvalue weighted by atomic mass is 9.43. The number of amidine groups is 1. The third kappa shape index (κ3) is 2.90. The van der Waals surface area contributed by atoms with E-state index in [2.05, 4.69) is 41.5 Å². The maximum Gasteiger partial charge on any atom is 0.0905 e. The van der Waals surface area contributed by atoms with Gasteiger partial charge in [0.05, 0.1) is 11.9 Å². The van der Waals surface area contributed by atoms with Crippen molar-refractivity contribution >= 4 is 5.84 Å². The second-order valence-electron chi connectivity index (χ2n) is 12.8. The van der Waals surface area contributed by atoms with Crippen LogP contribution in [0.2, 0.25) is 0 Å². The SMILES string of the molecule is C[C@H](CCC(=N)N)C1CC[C@@]2(C)C3=C(CC[C@]12C)[C@@]1(C)CC[C@H](O)C(C)(C)C1CC3. The highest BCUT2D eigenvalue weighted by Gasteiger charge is 2.63. The number of allylic oxidation sites excluding steroid dienone is 2. The van der Waals surface area contributed by atoms with E-state index < -0.39 is 0 Å². The highest BCUT2D eigenvalue weighted by atomic mass is 16.3. The van der Waals surface area contributed by atoms with E-state index in [-0.39, 0.29) is 16.9 Å². The minimum absolute atomic E-state index is 0.0204. The van der Waals surface area contributed by atoms with Crippen molar-refractivity contribution in [3.05, 3.63) is 11.1 Å². The van der Waals surface area contributed by atoms with Crippen LogP contribution in [0.3, 0.4) is 0 Å². The summed E-state index contributed by atoms with van der Waals surface area (Å²) in [6, 6.07) is 0. The molecule has 170 valence electrons. The van der Waals surface area contributed by atoms with Gasteiger partial charge in [0.25, 0.3) is 0 Å². The molecule has 2 fully saturated rings. The van der Waals surface area contributed by atoms with E-state index >= 15 is 0 Å². The molecule has 2 saturated carbocycles. The molecule has 0 aromatic carbocycles. The van der Waals surface area contributed by atoms with Crippen molar-refractivity contribution in [1.82, 2.24) is 0 Å². The van der Waals surface area contributed by atoms with Gasteiger partial charge in [-0.25, -0.2) is 0 Å². The molecule has 3 nitrogen and oxygen atoms in total. The number of hydrogen-bond donors (Lipinski definition) is 3. The number of rotatable bonds is 4. The van der Waals surface area contributed by atoms with Crippen molar-refractivity contribution in [2.75, 3.05) is 0 Å². The van der Waals surface area contributed by atoms with E-state index in [4.69, 9.17) is 11.1 Å². The second kappa shape index (κ2) is 7.09. The smallest absolute Gasteiger partial charge is 0.0905 e. The molecular formula is C27H46N2O. The van der Waals surface area contributed by atoms with Crippen LogP contribution in [-0.4, -0.2) is 17.0 Å². The third-order valence-corrected chi connectivity index (χ3v) is 11.4. The van der Waals surface area contributed by atoms with E-state index in [1.54, 1.807) is 5.57 Å². The van der Waals surface area contributed by atoms with Gasteiger partial charge in [-0.2, -0.15) is 0 Å². The minimum atomic E-state index is -0.153. The van der Waals surface area contributed by atoms with Crippen LogP contribution in [0, 0.1) is 44.8 Å². The first-order valence-corrected chi connectivity index (χ1v) is 12.6. The Kier molecular flexibility index (Phi) is 5.28.